The van der Waals surface area contributed by atoms with Gasteiger partial charge in [-0.25, -0.2) is 0 Å². The minimum absolute atomic E-state index is 0. The van der Waals surface area contributed by atoms with E-state index in [1.807, 2.05) is 0 Å². The molecule has 0 bridgehead atoms. The molecule has 1 unspecified atom stereocenters. The van der Waals surface area contributed by atoms with Gasteiger partial charge in [-0.15, -0.1) is 12.4 Å². The average Bonchev–Trinajstić information content (AvgIpc) is 1.90. The van der Waals surface area contributed by atoms with E-state index in [4.69, 9.17) is 5.73 Å². The molecule has 1 amide bonds. The van der Waals surface area contributed by atoms with Gasteiger partial charge in [-0.3, -0.25) is 4.79 Å². The lowest BCUT2D eigenvalue weighted by Crippen LogP contribution is -2.37. The molecule has 0 radical (unpaired) electrons. The molecule has 1 rings (SSSR count). The third-order valence-electron chi connectivity index (χ3n) is 1.70. The molecule has 1 heterocycles. The first-order valence-corrected chi connectivity index (χ1v) is 3.29. The molecule has 3 N–H and O–H groups in total. The number of carbonyl (C=O) groups excluding carboxylic acids is 1. The van der Waals surface area contributed by atoms with Gasteiger partial charge < -0.3 is 11.1 Å². The van der Waals surface area contributed by atoms with Gasteiger partial charge in [-0.1, -0.05) is 0 Å². The standard InChI is InChI=1S/C6H12N2O.ClH/c7-3-5-1-2-6(9)8-4-5;/h5H,1-4,7H2,(H,8,9);1H. The second-order valence-electron chi connectivity index (χ2n) is 2.44. The molecule has 60 valence electrons. The van der Waals surface area contributed by atoms with Crippen molar-refractivity contribution < 1.29 is 4.79 Å². The highest BCUT2D eigenvalue weighted by Crippen LogP contribution is 2.07. The highest BCUT2D eigenvalue weighted by atomic mass is 35.5. The SMILES string of the molecule is Cl.NCC1CCC(=O)NC1. The summed E-state index contributed by atoms with van der Waals surface area (Å²) in [6.45, 7) is 1.47. The van der Waals surface area contributed by atoms with E-state index < -0.39 is 0 Å². The van der Waals surface area contributed by atoms with Crippen LogP contribution >= 0.6 is 12.4 Å². The lowest BCUT2D eigenvalue weighted by atomic mass is 10.00. The zero-order valence-electron chi connectivity index (χ0n) is 5.80. The van der Waals surface area contributed by atoms with Crippen LogP contribution in [0.2, 0.25) is 0 Å². The third kappa shape index (κ3) is 2.54. The van der Waals surface area contributed by atoms with Gasteiger partial charge in [-0.2, -0.15) is 0 Å². The van der Waals surface area contributed by atoms with Crippen molar-refractivity contribution in [1.29, 1.82) is 0 Å². The summed E-state index contributed by atoms with van der Waals surface area (Å²) in [6.07, 6.45) is 1.62. The first kappa shape index (κ1) is 9.72. The summed E-state index contributed by atoms with van der Waals surface area (Å²) in [7, 11) is 0. The van der Waals surface area contributed by atoms with E-state index in [-0.39, 0.29) is 18.3 Å². The summed E-state index contributed by atoms with van der Waals surface area (Å²) in [4.78, 5) is 10.6. The Kier molecular flexibility index (Phi) is 4.40. The van der Waals surface area contributed by atoms with Crippen molar-refractivity contribution in [2.75, 3.05) is 13.1 Å². The molecule has 0 aromatic rings. The van der Waals surface area contributed by atoms with Gasteiger partial charge in [0, 0.05) is 13.0 Å². The van der Waals surface area contributed by atoms with Crippen LogP contribution in [0.15, 0.2) is 0 Å². The van der Waals surface area contributed by atoms with Crippen molar-refractivity contribution in [2.24, 2.45) is 11.7 Å². The Morgan fingerprint density at radius 2 is 2.40 bits per heavy atom. The van der Waals surface area contributed by atoms with E-state index in [2.05, 4.69) is 5.32 Å². The third-order valence-corrected chi connectivity index (χ3v) is 1.70. The topological polar surface area (TPSA) is 55.1 Å². The first-order valence-electron chi connectivity index (χ1n) is 3.29. The fourth-order valence-electron chi connectivity index (χ4n) is 0.985. The van der Waals surface area contributed by atoms with Crippen molar-refractivity contribution in [3.63, 3.8) is 0 Å². The maximum absolute atomic E-state index is 10.6. The van der Waals surface area contributed by atoms with E-state index in [0.29, 0.717) is 18.9 Å². The largest absolute Gasteiger partial charge is 0.356 e. The number of rotatable bonds is 1. The highest BCUT2D eigenvalue weighted by Gasteiger charge is 2.15. The maximum atomic E-state index is 10.6. The van der Waals surface area contributed by atoms with Crippen LogP contribution in [0.1, 0.15) is 12.8 Å². The van der Waals surface area contributed by atoms with Gasteiger partial charge in [0.05, 0.1) is 0 Å². The van der Waals surface area contributed by atoms with Crippen molar-refractivity contribution in [3.8, 4) is 0 Å². The van der Waals surface area contributed by atoms with Crippen LogP contribution in [0.5, 0.6) is 0 Å². The molecule has 4 heteroatoms. The van der Waals surface area contributed by atoms with Gasteiger partial charge in [-0.05, 0) is 18.9 Å². The van der Waals surface area contributed by atoms with Crippen LogP contribution in [0.25, 0.3) is 0 Å². The molecule has 0 aromatic heterocycles. The van der Waals surface area contributed by atoms with Gasteiger partial charge in [0.2, 0.25) is 5.91 Å². The monoisotopic (exact) mass is 164 g/mol. The van der Waals surface area contributed by atoms with E-state index in [1.54, 1.807) is 0 Å². The van der Waals surface area contributed by atoms with Gasteiger partial charge >= 0.3 is 0 Å². The quantitative estimate of drug-likeness (QED) is 0.569. The number of hydrogen-bond acceptors (Lipinski definition) is 2. The van der Waals surface area contributed by atoms with Crippen molar-refractivity contribution >= 4 is 18.3 Å². The van der Waals surface area contributed by atoms with Crippen LogP contribution < -0.4 is 11.1 Å². The van der Waals surface area contributed by atoms with Crippen molar-refractivity contribution in [1.82, 2.24) is 5.32 Å². The van der Waals surface area contributed by atoms with E-state index in [1.165, 1.54) is 0 Å². The fraction of sp³-hybridized carbons (Fsp3) is 0.833. The molecule has 0 aromatic carbocycles. The Hall–Kier alpha value is -0.280. The molecular weight excluding hydrogens is 152 g/mol. The first-order chi connectivity index (χ1) is 4.33. The summed E-state index contributed by atoms with van der Waals surface area (Å²) < 4.78 is 0. The lowest BCUT2D eigenvalue weighted by Gasteiger charge is -2.19. The second kappa shape index (κ2) is 4.52. The zero-order valence-corrected chi connectivity index (χ0v) is 6.62. The van der Waals surface area contributed by atoms with E-state index in [0.717, 1.165) is 13.0 Å². The van der Waals surface area contributed by atoms with Crippen LogP contribution in [0.4, 0.5) is 0 Å². The maximum Gasteiger partial charge on any atom is 0.220 e. The predicted octanol–water partition coefficient (Wildman–Crippen LogP) is -0.107. The van der Waals surface area contributed by atoms with Gasteiger partial charge in [0.1, 0.15) is 0 Å². The number of amides is 1. The van der Waals surface area contributed by atoms with Crippen molar-refractivity contribution in [2.45, 2.75) is 12.8 Å². The van der Waals surface area contributed by atoms with E-state index >= 15 is 0 Å². The molecule has 10 heavy (non-hydrogen) atoms. The molecule has 1 aliphatic heterocycles. The molecule has 3 nitrogen and oxygen atoms in total. The summed E-state index contributed by atoms with van der Waals surface area (Å²) >= 11 is 0. The van der Waals surface area contributed by atoms with Gasteiger partial charge in [0.25, 0.3) is 0 Å². The van der Waals surface area contributed by atoms with Gasteiger partial charge in [0.15, 0.2) is 0 Å². The van der Waals surface area contributed by atoms with E-state index in [9.17, 15) is 4.79 Å². The van der Waals surface area contributed by atoms with Crippen molar-refractivity contribution in [3.05, 3.63) is 0 Å². The fourth-order valence-corrected chi connectivity index (χ4v) is 0.985. The number of hydrogen-bond donors (Lipinski definition) is 2. The molecule has 0 aliphatic carbocycles. The van der Waals surface area contributed by atoms with Crippen LogP contribution in [0, 0.1) is 5.92 Å². The summed E-state index contributed by atoms with van der Waals surface area (Å²) in [5.41, 5.74) is 5.40. The Bertz CT molecular complexity index is 108. The minimum atomic E-state index is 0. The molecule has 1 fully saturated rings. The summed E-state index contributed by atoms with van der Waals surface area (Å²) in [6, 6.07) is 0. The Morgan fingerprint density at radius 1 is 1.70 bits per heavy atom. The Balaban J connectivity index is 0.000000810. The average molecular weight is 165 g/mol. The molecule has 0 spiro atoms. The normalized spacial score (nSPS) is 24.9. The summed E-state index contributed by atoms with van der Waals surface area (Å²) in [5, 5.41) is 2.76. The number of nitrogens with two attached hydrogens (primary N) is 1. The zero-order chi connectivity index (χ0) is 6.69. The Morgan fingerprint density at radius 3 is 2.80 bits per heavy atom. The molecular formula is C6H13ClN2O. The summed E-state index contributed by atoms with van der Waals surface area (Å²) in [5.74, 6) is 0.683. The highest BCUT2D eigenvalue weighted by molar-refractivity contribution is 5.85. The van der Waals surface area contributed by atoms with Crippen LogP contribution in [-0.4, -0.2) is 19.0 Å². The smallest absolute Gasteiger partial charge is 0.220 e. The number of piperidine rings is 1. The van der Waals surface area contributed by atoms with Crippen LogP contribution in [-0.2, 0) is 4.79 Å². The number of halogens is 1. The minimum Gasteiger partial charge on any atom is -0.356 e. The predicted molar refractivity (Wildman–Crippen MR) is 42.0 cm³/mol. The van der Waals surface area contributed by atoms with Crippen LogP contribution in [0.3, 0.4) is 0 Å². The molecule has 1 atom stereocenters. The molecule has 1 saturated heterocycles. The molecule has 1 aliphatic rings. The number of carbonyl (C=O) groups is 1. The number of nitrogens with one attached hydrogen (secondary N) is 1. The lowest BCUT2D eigenvalue weighted by molar-refractivity contribution is -0.122. The second-order valence-corrected chi connectivity index (χ2v) is 2.44. The molecule has 0 saturated carbocycles. The Labute approximate surface area is 66.8 Å².